The summed E-state index contributed by atoms with van der Waals surface area (Å²) in [5.74, 6) is 0.581. The molecule has 1 aromatic carbocycles. The van der Waals surface area contributed by atoms with Crippen LogP contribution in [0.15, 0.2) is 24.3 Å². The van der Waals surface area contributed by atoms with E-state index in [4.69, 9.17) is 4.74 Å². The zero-order valence-corrected chi connectivity index (χ0v) is 12.8. The van der Waals surface area contributed by atoms with Crippen molar-refractivity contribution in [2.45, 2.75) is 40.2 Å². The summed E-state index contributed by atoms with van der Waals surface area (Å²) in [6.45, 7) is 8.26. The van der Waals surface area contributed by atoms with Crippen molar-refractivity contribution in [1.29, 1.82) is 0 Å². The van der Waals surface area contributed by atoms with E-state index in [0.29, 0.717) is 13.0 Å². The maximum Gasteiger partial charge on any atom is 0.257 e. The van der Waals surface area contributed by atoms with Crippen LogP contribution in [0.2, 0.25) is 0 Å². The molecule has 112 valence electrons. The van der Waals surface area contributed by atoms with Gasteiger partial charge in [-0.2, -0.15) is 0 Å². The number of hydrogen-bond acceptors (Lipinski definition) is 3. The van der Waals surface area contributed by atoms with Crippen LogP contribution in [0.1, 0.15) is 32.8 Å². The van der Waals surface area contributed by atoms with Crippen LogP contribution in [-0.2, 0) is 4.79 Å². The summed E-state index contributed by atoms with van der Waals surface area (Å²) in [4.78, 5) is 11.8. The van der Waals surface area contributed by atoms with E-state index in [0.717, 1.165) is 11.3 Å². The highest BCUT2D eigenvalue weighted by Crippen LogP contribution is 2.21. The summed E-state index contributed by atoms with van der Waals surface area (Å²) in [5, 5.41) is 12.2. The largest absolute Gasteiger partial charge is 0.484 e. The van der Waals surface area contributed by atoms with E-state index in [1.54, 1.807) is 6.92 Å². The van der Waals surface area contributed by atoms with Crippen LogP contribution in [0.25, 0.3) is 0 Å². The SMILES string of the molecule is Cc1ccccc1OCC(=O)NCC(C)(C)CC(C)O. The molecule has 0 bridgehead atoms. The minimum Gasteiger partial charge on any atom is -0.484 e. The molecule has 0 spiro atoms. The molecule has 20 heavy (non-hydrogen) atoms. The number of aliphatic hydroxyl groups excluding tert-OH is 1. The van der Waals surface area contributed by atoms with Crippen LogP contribution in [-0.4, -0.2) is 30.3 Å². The Morgan fingerprint density at radius 1 is 1.40 bits per heavy atom. The van der Waals surface area contributed by atoms with E-state index in [-0.39, 0.29) is 24.0 Å². The van der Waals surface area contributed by atoms with Gasteiger partial charge in [0.05, 0.1) is 6.10 Å². The van der Waals surface area contributed by atoms with Crippen LogP contribution in [0.4, 0.5) is 0 Å². The van der Waals surface area contributed by atoms with Gasteiger partial charge in [0, 0.05) is 6.54 Å². The fraction of sp³-hybridized carbons (Fsp3) is 0.562. The molecule has 0 saturated heterocycles. The molecule has 0 fully saturated rings. The van der Waals surface area contributed by atoms with Gasteiger partial charge in [-0.3, -0.25) is 4.79 Å². The van der Waals surface area contributed by atoms with E-state index in [9.17, 15) is 9.90 Å². The van der Waals surface area contributed by atoms with Crippen molar-refractivity contribution in [2.24, 2.45) is 5.41 Å². The van der Waals surface area contributed by atoms with Gasteiger partial charge < -0.3 is 15.2 Å². The summed E-state index contributed by atoms with van der Waals surface area (Å²) >= 11 is 0. The van der Waals surface area contributed by atoms with Gasteiger partial charge in [0.2, 0.25) is 0 Å². The van der Waals surface area contributed by atoms with Crippen LogP contribution >= 0.6 is 0 Å². The van der Waals surface area contributed by atoms with Crippen LogP contribution < -0.4 is 10.1 Å². The van der Waals surface area contributed by atoms with Crippen molar-refractivity contribution in [1.82, 2.24) is 5.32 Å². The van der Waals surface area contributed by atoms with E-state index in [1.807, 2.05) is 45.0 Å². The molecule has 0 radical (unpaired) electrons. The lowest BCUT2D eigenvalue weighted by Crippen LogP contribution is -2.38. The molecular weight excluding hydrogens is 254 g/mol. The summed E-state index contributed by atoms with van der Waals surface area (Å²) < 4.78 is 5.48. The predicted octanol–water partition coefficient (Wildman–Crippen LogP) is 2.29. The van der Waals surface area contributed by atoms with Crippen LogP contribution in [0.3, 0.4) is 0 Å². The third kappa shape index (κ3) is 6.06. The molecular formula is C16H25NO3. The molecule has 0 saturated carbocycles. The van der Waals surface area contributed by atoms with Crippen molar-refractivity contribution in [3.63, 3.8) is 0 Å². The lowest BCUT2D eigenvalue weighted by atomic mass is 9.87. The van der Waals surface area contributed by atoms with Gasteiger partial charge in [0.25, 0.3) is 5.91 Å². The van der Waals surface area contributed by atoms with Gasteiger partial charge in [-0.1, -0.05) is 32.0 Å². The third-order valence-corrected chi connectivity index (χ3v) is 3.06. The minimum absolute atomic E-state index is 0.00954. The number of aliphatic hydroxyl groups is 1. The maximum absolute atomic E-state index is 11.8. The molecule has 1 unspecified atom stereocenters. The summed E-state index contributed by atoms with van der Waals surface area (Å²) in [6, 6.07) is 7.60. The van der Waals surface area contributed by atoms with E-state index < -0.39 is 0 Å². The number of carbonyl (C=O) groups is 1. The van der Waals surface area contributed by atoms with Crippen molar-refractivity contribution in [2.75, 3.05) is 13.2 Å². The van der Waals surface area contributed by atoms with Gasteiger partial charge in [-0.15, -0.1) is 0 Å². The minimum atomic E-state index is -0.370. The Labute approximate surface area is 121 Å². The number of nitrogens with one attached hydrogen (secondary N) is 1. The summed E-state index contributed by atoms with van der Waals surface area (Å²) in [6.07, 6.45) is 0.275. The van der Waals surface area contributed by atoms with Gasteiger partial charge in [-0.25, -0.2) is 0 Å². The number of carbonyl (C=O) groups excluding carboxylic acids is 1. The van der Waals surface area contributed by atoms with Gasteiger partial charge in [0.1, 0.15) is 5.75 Å². The third-order valence-electron chi connectivity index (χ3n) is 3.06. The maximum atomic E-state index is 11.8. The standard InChI is InChI=1S/C16H25NO3/c1-12-7-5-6-8-14(12)20-10-15(19)17-11-16(3,4)9-13(2)18/h5-8,13,18H,9-11H2,1-4H3,(H,17,19). The highest BCUT2D eigenvalue weighted by molar-refractivity contribution is 5.77. The van der Waals surface area contributed by atoms with Gasteiger partial charge >= 0.3 is 0 Å². The van der Waals surface area contributed by atoms with Gasteiger partial charge in [0.15, 0.2) is 6.61 Å². The Bertz CT molecular complexity index is 441. The fourth-order valence-electron chi connectivity index (χ4n) is 2.12. The zero-order chi connectivity index (χ0) is 15.2. The van der Waals surface area contributed by atoms with Crippen molar-refractivity contribution in [3.8, 4) is 5.75 Å². The number of ether oxygens (including phenoxy) is 1. The molecule has 0 aliphatic rings. The van der Waals surface area contributed by atoms with Crippen molar-refractivity contribution < 1.29 is 14.6 Å². The molecule has 1 rings (SSSR count). The van der Waals surface area contributed by atoms with Crippen molar-refractivity contribution >= 4 is 5.91 Å². The molecule has 2 N–H and O–H groups in total. The predicted molar refractivity (Wildman–Crippen MR) is 79.8 cm³/mol. The first-order chi connectivity index (χ1) is 9.30. The number of para-hydroxylation sites is 1. The first kappa shape index (κ1) is 16.5. The Balaban J connectivity index is 2.36. The molecule has 1 aromatic rings. The Hall–Kier alpha value is -1.55. The smallest absolute Gasteiger partial charge is 0.257 e. The Kier molecular flexibility index (Phi) is 6.02. The van der Waals surface area contributed by atoms with E-state index >= 15 is 0 Å². The molecule has 1 amide bonds. The number of benzene rings is 1. The quantitative estimate of drug-likeness (QED) is 0.805. The van der Waals surface area contributed by atoms with E-state index in [2.05, 4.69) is 5.32 Å². The highest BCUT2D eigenvalue weighted by Gasteiger charge is 2.21. The first-order valence-electron chi connectivity index (χ1n) is 6.93. The molecule has 0 aliphatic carbocycles. The van der Waals surface area contributed by atoms with Gasteiger partial charge in [-0.05, 0) is 37.3 Å². The first-order valence-corrected chi connectivity index (χ1v) is 6.93. The van der Waals surface area contributed by atoms with Crippen LogP contribution in [0, 0.1) is 12.3 Å². The molecule has 4 heteroatoms. The summed E-state index contributed by atoms with van der Waals surface area (Å²) in [5.41, 5.74) is 0.877. The van der Waals surface area contributed by atoms with Crippen molar-refractivity contribution in [3.05, 3.63) is 29.8 Å². The van der Waals surface area contributed by atoms with Crippen LogP contribution in [0.5, 0.6) is 5.75 Å². The number of amides is 1. The summed E-state index contributed by atoms with van der Waals surface area (Å²) in [7, 11) is 0. The zero-order valence-electron chi connectivity index (χ0n) is 12.8. The molecule has 0 aliphatic heterocycles. The second kappa shape index (κ2) is 7.29. The highest BCUT2D eigenvalue weighted by atomic mass is 16.5. The Morgan fingerprint density at radius 2 is 2.05 bits per heavy atom. The molecule has 0 heterocycles. The Morgan fingerprint density at radius 3 is 2.65 bits per heavy atom. The molecule has 0 aromatic heterocycles. The molecule has 4 nitrogen and oxygen atoms in total. The fourth-order valence-corrected chi connectivity index (χ4v) is 2.12. The molecule has 1 atom stereocenters. The average molecular weight is 279 g/mol. The monoisotopic (exact) mass is 279 g/mol. The number of hydrogen-bond donors (Lipinski definition) is 2. The lowest BCUT2D eigenvalue weighted by molar-refractivity contribution is -0.123. The second-order valence-electron chi connectivity index (χ2n) is 6.05. The second-order valence-corrected chi connectivity index (χ2v) is 6.05. The average Bonchev–Trinajstić information content (AvgIpc) is 2.34. The van der Waals surface area contributed by atoms with E-state index in [1.165, 1.54) is 0 Å². The normalized spacial score (nSPS) is 12.8. The topological polar surface area (TPSA) is 58.6 Å². The lowest BCUT2D eigenvalue weighted by Gasteiger charge is -2.26. The number of aryl methyl sites for hydroxylation is 1. The number of rotatable bonds is 7.